The zero-order valence-electron chi connectivity index (χ0n) is 11.8. The van der Waals surface area contributed by atoms with Crippen molar-refractivity contribution in [1.29, 1.82) is 0 Å². The molecule has 23 heavy (non-hydrogen) atoms. The Hall–Kier alpha value is -2.28. The molecule has 3 rings (SSSR count). The highest BCUT2D eigenvalue weighted by Gasteiger charge is 2.40. The van der Waals surface area contributed by atoms with E-state index in [0.717, 1.165) is 23.1 Å². The number of fused-ring (bicyclic) bond motifs is 1. The van der Waals surface area contributed by atoms with Crippen LogP contribution in [0.1, 0.15) is 26.3 Å². The van der Waals surface area contributed by atoms with Crippen molar-refractivity contribution in [3.8, 4) is 0 Å². The molecule has 0 N–H and O–H groups in total. The highest BCUT2D eigenvalue weighted by atomic mass is 32.2. The summed E-state index contributed by atoms with van der Waals surface area (Å²) in [5, 5.41) is 0. The van der Waals surface area contributed by atoms with Gasteiger partial charge in [0.1, 0.15) is 0 Å². The maximum atomic E-state index is 12.8. The molecule has 1 heterocycles. The summed E-state index contributed by atoms with van der Waals surface area (Å²) in [6.45, 7) is 0. The number of halogens is 3. The average molecular weight is 337 g/mol. The summed E-state index contributed by atoms with van der Waals surface area (Å²) in [6.07, 6.45) is -2.78. The van der Waals surface area contributed by atoms with E-state index in [0.29, 0.717) is 10.6 Å². The number of hydrogen-bond acceptors (Lipinski definition) is 3. The van der Waals surface area contributed by atoms with Gasteiger partial charge in [-0.2, -0.15) is 13.2 Å². The van der Waals surface area contributed by atoms with Crippen molar-refractivity contribution in [2.24, 2.45) is 0 Å². The van der Waals surface area contributed by atoms with E-state index in [1.54, 1.807) is 30.5 Å². The van der Waals surface area contributed by atoms with Crippen molar-refractivity contribution in [3.05, 3.63) is 59.2 Å². The standard InChI is InChI=1S/C16H10F3NO2S/c1-23-13-5-3-2-4-12(13)20-14(21)10-7-6-9(16(17,18)19)8-11(10)15(20)22/h2-8H,1H3. The fourth-order valence-electron chi connectivity index (χ4n) is 2.45. The first-order valence-corrected chi connectivity index (χ1v) is 7.80. The van der Waals surface area contributed by atoms with Gasteiger partial charge >= 0.3 is 6.18 Å². The number of nitrogens with zero attached hydrogens (tertiary/aromatic N) is 1. The minimum Gasteiger partial charge on any atom is -0.268 e. The second-order valence-corrected chi connectivity index (χ2v) is 5.72. The number of para-hydroxylation sites is 1. The van der Waals surface area contributed by atoms with Gasteiger partial charge in [-0.3, -0.25) is 9.59 Å². The number of rotatable bonds is 2. The molecule has 0 bridgehead atoms. The predicted molar refractivity (Wildman–Crippen MR) is 80.8 cm³/mol. The van der Waals surface area contributed by atoms with E-state index in [-0.39, 0.29) is 11.1 Å². The minimum absolute atomic E-state index is 0.0149. The minimum atomic E-state index is -4.57. The van der Waals surface area contributed by atoms with Gasteiger partial charge in [-0.05, 0) is 36.6 Å². The lowest BCUT2D eigenvalue weighted by atomic mass is 10.1. The van der Waals surface area contributed by atoms with Crippen LogP contribution >= 0.6 is 11.8 Å². The molecule has 0 spiro atoms. The van der Waals surface area contributed by atoms with Gasteiger partial charge in [0.15, 0.2) is 0 Å². The van der Waals surface area contributed by atoms with E-state index in [4.69, 9.17) is 0 Å². The molecule has 0 unspecified atom stereocenters. The number of alkyl halides is 3. The van der Waals surface area contributed by atoms with E-state index in [1.165, 1.54) is 11.8 Å². The number of amides is 2. The molecule has 118 valence electrons. The Labute approximate surface area is 134 Å². The molecule has 0 aliphatic carbocycles. The number of benzene rings is 2. The van der Waals surface area contributed by atoms with Crippen LogP contribution in [0.4, 0.5) is 18.9 Å². The highest BCUT2D eigenvalue weighted by Crippen LogP contribution is 2.37. The molecule has 2 aromatic carbocycles. The normalized spacial score (nSPS) is 14.3. The number of carbonyl (C=O) groups excluding carboxylic acids is 2. The summed E-state index contributed by atoms with van der Waals surface area (Å²) in [6, 6.07) is 9.36. The zero-order valence-corrected chi connectivity index (χ0v) is 12.7. The van der Waals surface area contributed by atoms with E-state index >= 15 is 0 Å². The summed E-state index contributed by atoms with van der Waals surface area (Å²) in [7, 11) is 0. The molecule has 0 atom stereocenters. The molecule has 0 fully saturated rings. The maximum absolute atomic E-state index is 12.8. The Kier molecular flexibility index (Phi) is 3.68. The Morgan fingerprint density at radius 3 is 2.26 bits per heavy atom. The molecule has 0 aromatic heterocycles. The van der Waals surface area contributed by atoms with Crippen LogP contribution in [0.3, 0.4) is 0 Å². The summed E-state index contributed by atoms with van der Waals surface area (Å²) in [4.78, 5) is 26.6. The van der Waals surface area contributed by atoms with Gasteiger partial charge in [0.25, 0.3) is 11.8 Å². The lowest BCUT2D eigenvalue weighted by molar-refractivity contribution is -0.137. The van der Waals surface area contributed by atoms with Crippen molar-refractivity contribution in [2.45, 2.75) is 11.1 Å². The zero-order chi connectivity index (χ0) is 16.8. The van der Waals surface area contributed by atoms with Crippen molar-refractivity contribution >= 4 is 29.3 Å². The second kappa shape index (κ2) is 5.42. The highest BCUT2D eigenvalue weighted by molar-refractivity contribution is 7.98. The van der Waals surface area contributed by atoms with E-state index in [1.807, 2.05) is 0 Å². The fourth-order valence-corrected chi connectivity index (χ4v) is 3.03. The summed E-state index contributed by atoms with van der Waals surface area (Å²) in [5.41, 5.74) is -0.809. The number of thioether (sulfide) groups is 1. The Morgan fingerprint density at radius 2 is 1.61 bits per heavy atom. The van der Waals surface area contributed by atoms with Gasteiger partial charge < -0.3 is 0 Å². The Bertz CT molecular complexity index is 817. The Balaban J connectivity index is 2.11. The third-order valence-electron chi connectivity index (χ3n) is 3.54. The van der Waals surface area contributed by atoms with Crippen LogP contribution in [0.15, 0.2) is 47.4 Å². The smallest absolute Gasteiger partial charge is 0.268 e. The topological polar surface area (TPSA) is 37.4 Å². The molecule has 7 heteroatoms. The lowest BCUT2D eigenvalue weighted by Crippen LogP contribution is -2.29. The first kappa shape index (κ1) is 15.6. The molecule has 0 saturated heterocycles. The lowest BCUT2D eigenvalue weighted by Gasteiger charge is -2.16. The van der Waals surface area contributed by atoms with Gasteiger partial charge in [0.05, 0.1) is 22.4 Å². The number of hydrogen-bond donors (Lipinski definition) is 0. The summed E-state index contributed by atoms with van der Waals surface area (Å²) >= 11 is 1.35. The molecule has 1 aliphatic rings. The maximum Gasteiger partial charge on any atom is 0.416 e. The van der Waals surface area contributed by atoms with E-state index in [9.17, 15) is 22.8 Å². The van der Waals surface area contributed by atoms with Crippen LogP contribution in [-0.4, -0.2) is 18.1 Å². The van der Waals surface area contributed by atoms with Gasteiger partial charge in [-0.25, -0.2) is 4.90 Å². The first-order chi connectivity index (χ1) is 10.8. The summed E-state index contributed by atoms with van der Waals surface area (Å²) < 4.78 is 38.4. The van der Waals surface area contributed by atoms with Gasteiger partial charge in [0.2, 0.25) is 0 Å². The van der Waals surface area contributed by atoms with Crippen LogP contribution in [0.25, 0.3) is 0 Å². The predicted octanol–water partition coefficient (Wildman–Crippen LogP) is 4.23. The third kappa shape index (κ3) is 2.50. The van der Waals surface area contributed by atoms with Crippen molar-refractivity contribution < 1.29 is 22.8 Å². The quantitative estimate of drug-likeness (QED) is 0.608. The fraction of sp³-hybridized carbons (Fsp3) is 0.125. The molecule has 0 radical (unpaired) electrons. The van der Waals surface area contributed by atoms with Crippen molar-refractivity contribution in [2.75, 3.05) is 11.2 Å². The van der Waals surface area contributed by atoms with Crippen molar-refractivity contribution in [3.63, 3.8) is 0 Å². The van der Waals surface area contributed by atoms with Crippen LogP contribution in [0.2, 0.25) is 0 Å². The van der Waals surface area contributed by atoms with E-state index < -0.39 is 23.6 Å². The van der Waals surface area contributed by atoms with Crippen LogP contribution in [-0.2, 0) is 6.18 Å². The van der Waals surface area contributed by atoms with Gasteiger partial charge in [0, 0.05) is 4.90 Å². The average Bonchev–Trinajstić information content (AvgIpc) is 2.77. The second-order valence-electron chi connectivity index (χ2n) is 4.88. The van der Waals surface area contributed by atoms with Crippen LogP contribution in [0, 0.1) is 0 Å². The molecule has 1 aliphatic heterocycles. The Morgan fingerprint density at radius 1 is 0.957 bits per heavy atom. The third-order valence-corrected chi connectivity index (χ3v) is 4.33. The van der Waals surface area contributed by atoms with Crippen molar-refractivity contribution in [1.82, 2.24) is 0 Å². The molecule has 2 amide bonds. The molecule has 2 aromatic rings. The number of imide groups is 1. The first-order valence-electron chi connectivity index (χ1n) is 6.57. The van der Waals surface area contributed by atoms with Crippen LogP contribution in [0.5, 0.6) is 0 Å². The molecular weight excluding hydrogens is 327 g/mol. The molecule has 3 nitrogen and oxygen atoms in total. The van der Waals surface area contributed by atoms with Crippen LogP contribution < -0.4 is 4.90 Å². The number of anilines is 1. The number of carbonyl (C=O) groups is 2. The van der Waals surface area contributed by atoms with Gasteiger partial charge in [-0.15, -0.1) is 11.8 Å². The summed E-state index contributed by atoms with van der Waals surface area (Å²) in [5.74, 6) is -1.35. The van der Waals surface area contributed by atoms with Gasteiger partial charge in [-0.1, -0.05) is 12.1 Å². The van der Waals surface area contributed by atoms with E-state index in [2.05, 4.69) is 0 Å². The largest absolute Gasteiger partial charge is 0.416 e. The molecular formula is C16H10F3NO2S. The molecule has 0 saturated carbocycles. The monoisotopic (exact) mass is 337 g/mol. The SMILES string of the molecule is CSc1ccccc1N1C(=O)c2ccc(C(F)(F)F)cc2C1=O.